The zero-order chi connectivity index (χ0) is 11.6. The maximum atomic E-state index is 12.1. The van der Waals surface area contributed by atoms with Crippen LogP contribution in [0.2, 0.25) is 0 Å². The second-order valence-corrected chi connectivity index (χ2v) is 6.34. The third-order valence-electron chi connectivity index (χ3n) is 2.19. The van der Waals surface area contributed by atoms with Gasteiger partial charge in [0.25, 0.3) is 0 Å². The average Bonchev–Trinajstić information content (AvgIpc) is 2.83. The van der Waals surface area contributed by atoms with Crippen molar-refractivity contribution in [2.24, 2.45) is 0 Å². The molecule has 16 heavy (non-hydrogen) atoms. The molecule has 2 aromatic rings. The van der Waals surface area contributed by atoms with E-state index in [9.17, 15) is 8.42 Å². The summed E-state index contributed by atoms with van der Waals surface area (Å²) in [7, 11) is -1.59. The summed E-state index contributed by atoms with van der Waals surface area (Å²) in [5, 5.41) is 4.68. The third kappa shape index (κ3) is 1.96. The van der Waals surface area contributed by atoms with Crippen LogP contribution in [0.1, 0.15) is 0 Å². The first-order valence-electron chi connectivity index (χ1n) is 4.71. The summed E-state index contributed by atoms with van der Waals surface area (Å²) < 4.78 is 24.7. The Kier molecular flexibility index (Phi) is 2.98. The lowest BCUT2D eigenvalue weighted by Gasteiger charge is -2.04. The van der Waals surface area contributed by atoms with E-state index in [0.717, 1.165) is 5.69 Å². The Labute approximate surface area is 98.7 Å². The molecule has 84 valence electrons. The van der Waals surface area contributed by atoms with Gasteiger partial charge in [-0.05, 0) is 29.6 Å². The van der Waals surface area contributed by atoms with Gasteiger partial charge in [0.05, 0.1) is 4.90 Å². The highest BCUT2D eigenvalue weighted by Crippen LogP contribution is 2.26. The number of rotatable bonds is 3. The molecule has 0 aliphatic carbocycles. The van der Waals surface area contributed by atoms with Crippen molar-refractivity contribution < 1.29 is 8.42 Å². The van der Waals surface area contributed by atoms with Gasteiger partial charge in [-0.2, -0.15) is 0 Å². The quantitative estimate of drug-likeness (QED) is 0.914. The Balaban J connectivity index is 2.52. The lowest BCUT2D eigenvalue weighted by Crippen LogP contribution is -2.00. The van der Waals surface area contributed by atoms with Gasteiger partial charge in [0.1, 0.15) is 4.21 Å². The minimum absolute atomic E-state index is 0.321. The maximum absolute atomic E-state index is 12.1. The van der Waals surface area contributed by atoms with E-state index in [2.05, 4.69) is 5.32 Å². The molecule has 1 heterocycles. The van der Waals surface area contributed by atoms with Crippen LogP contribution in [0.15, 0.2) is 50.9 Å². The molecular weight excluding hydrogens is 242 g/mol. The highest BCUT2D eigenvalue weighted by atomic mass is 32.2. The van der Waals surface area contributed by atoms with Crippen LogP contribution in [0.25, 0.3) is 0 Å². The molecule has 0 atom stereocenters. The molecule has 5 heteroatoms. The van der Waals surface area contributed by atoms with Crippen molar-refractivity contribution in [3.63, 3.8) is 0 Å². The van der Waals surface area contributed by atoms with Crippen molar-refractivity contribution in [2.45, 2.75) is 9.10 Å². The summed E-state index contributed by atoms with van der Waals surface area (Å²) in [5.41, 5.74) is 0.789. The van der Waals surface area contributed by atoms with Gasteiger partial charge in [-0.25, -0.2) is 8.42 Å². The minimum Gasteiger partial charge on any atom is -0.388 e. The van der Waals surface area contributed by atoms with Crippen LogP contribution in [0.3, 0.4) is 0 Å². The van der Waals surface area contributed by atoms with Crippen LogP contribution in [0.4, 0.5) is 5.69 Å². The summed E-state index contributed by atoms with van der Waals surface area (Å²) in [6, 6.07) is 10.1. The van der Waals surface area contributed by atoms with Gasteiger partial charge < -0.3 is 5.32 Å². The second kappa shape index (κ2) is 4.27. The molecule has 1 N–H and O–H groups in total. The predicted octanol–water partition coefficient (Wildman–Crippen LogP) is 2.62. The van der Waals surface area contributed by atoms with Crippen molar-refractivity contribution in [1.82, 2.24) is 0 Å². The number of nitrogens with one attached hydrogen (secondary N) is 1. The first-order valence-corrected chi connectivity index (χ1v) is 7.07. The zero-order valence-corrected chi connectivity index (χ0v) is 10.3. The van der Waals surface area contributed by atoms with Gasteiger partial charge in [0.2, 0.25) is 9.84 Å². The third-order valence-corrected chi connectivity index (χ3v) is 5.34. The van der Waals surface area contributed by atoms with E-state index < -0.39 is 9.84 Å². The Morgan fingerprint density at radius 3 is 2.62 bits per heavy atom. The number of benzene rings is 1. The van der Waals surface area contributed by atoms with Gasteiger partial charge in [-0.15, -0.1) is 11.3 Å². The number of hydrogen-bond donors (Lipinski definition) is 1. The van der Waals surface area contributed by atoms with Gasteiger partial charge in [0, 0.05) is 12.7 Å². The molecule has 0 radical (unpaired) electrons. The monoisotopic (exact) mass is 253 g/mol. The molecule has 2 rings (SSSR count). The van der Waals surface area contributed by atoms with Gasteiger partial charge in [-0.3, -0.25) is 0 Å². The maximum Gasteiger partial charge on any atom is 0.216 e. The van der Waals surface area contributed by atoms with E-state index in [0.29, 0.717) is 9.10 Å². The van der Waals surface area contributed by atoms with Gasteiger partial charge >= 0.3 is 0 Å². The topological polar surface area (TPSA) is 46.2 Å². The van der Waals surface area contributed by atoms with Crippen molar-refractivity contribution in [3.8, 4) is 0 Å². The lowest BCUT2D eigenvalue weighted by molar-refractivity contribution is 0.598. The summed E-state index contributed by atoms with van der Waals surface area (Å²) in [4.78, 5) is 0.321. The molecule has 3 nitrogen and oxygen atoms in total. The van der Waals surface area contributed by atoms with E-state index in [4.69, 9.17) is 0 Å². The molecule has 0 aliphatic rings. The first kappa shape index (κ1) is 11.2. The fourth-order valence-corrected chi connectivity index (χ4v) is 3.79. The lowest BCUT2D eigenvalue weighted by atomic mass is 10.3. The molecule has 1 aromatic heterocycles. The molecule has 0 aliphatic heterocycles. The highest BCUT2D eigenvalue weighted by molar-refractivity contribution is 7.93. The molecule has 0 amide bonds. The Morgan fingerprint density at radius 1 is 1.19 bits per heavy atom. The fraction of sp³-hybridized carbons (Fsp3) is 0.0909. The van der Waals surface area contributed by atoms with Crippen LogP contribution < -0.4 is 5.32 Å². The average molecular weight is 253 g/mol. The van der Waals surface area contributed by atoms with E-state index in [-0.39, 0.29) is 0 Å². The minimum atomic E-state index is -3.35. The van der Waals surface area contributed by atoms with Crippen LogP contribution in [0, 0.1) is 0 Å². The summed E-state index contributed by atoms with van der Waals surface area (Å²) in [6.45, 7) is 0. The molecule has 0 unspecified atom stereocenters. The first-order chi connectivity index (χ1) is 7.64. The fourth-order valence-electron chi connectivity index (χ4n) is 1.35. The number of hydrogen-bond acceptors (Lipinski definition) is 4. The van der Waals surface area contributed by atoms with E-state index in [1.54, 1.807) is 42.8 Å². The molecule has 0 bridgehead atoms. The molecular formula is C11H11NO2S2. The molecule has 1 aromatic carbocycles. The standard InChI is InChI=1S/C11H11NO2S2/c1-12-9-4-2-5-10(8-9)16(13,14)11-6-3-7-15-11/h2-8,12H,1H3. The molecule has 0 spiro atoms. The van der Waals surface area contributed by atoms with E-state index in [1.807, 2.05) is 6.07 Å². The molecule has 0 fully saturated rings. The van der Waals surface area contributed by atoms with Crippen molar-refractivity contribution in [3.05, 3.63) is 41.8 Å². The number of thiophene rings is 1. The number of sulfone groups is 1. The van der Waals surface area contributed by atoms with Crippen LogP contribution in [-0.4, -0.2) is 15.5 Å². The Morgan fingerprint density at radius 2 is 2.00 bits per heavy atom. The van der Waals surface area contributed by atoms with Crippen molar-refractivity contribution in [2.75, 3.05) is 12.4 Å². The zero-order valence-electron chi connectivity index (χ0n) is 8.67. The van der Waals surface area contributed by atoms with Crippen LogP contribution in [0.5, 0.6) is 0 Å². The van der Waals surface area contributed by atoms with Crippen molar-refractivity contribution in [1.29, 1.82) is 0 Å². The van der Waals surface area contributed by atoms with Crippen LogP contribution >= 0.6 is 11.3 Å². The van der Waals surface area contributed by atoms with Crippen molar-refractivity contribution >= 4 is 26.9 Å². The molecule has 0 saturated heterocycles. The number of anilines is 1. The summed E-state index contributed by atoms with van der Waals surface area (Å²) in [5.74, 6) is 0. The predicted molar refractivity (Wildman–Crippen MR) is 65.8 cm³/mol. The Hall–Kier alpha value is -1.33. The normalized spacial score (nSPS) is 11.3. The molecule has 0 saturated carbocycles. The smallest absolute Gasteiger partial charge is 0.216 e. The van der Waals surface area contributed by atoms with Crippen LogP contribution in [-0.2, 0) is 9.84 Å². The van der Waals surface area contributed by atoms with Gasteiger partial charge in [0.15, 0.2) is 0 Å². The van der Waals surface area contributed by atoms with E-state index in [1.165, 1.54) is 11.3 Å². The SMILES string of the molecule is CNc1cccc(S(=O)(=O)c2cccs2)c1. The van der Waals surface area contributed by atoms with Gasteiger partial charge in [-0.1, -0.05) is 12.1 Å². The summed E-state index contributed by atoms with van der Waals surface area (Å²) >= 11 is 1.23. The second-order valence-electron chi connectivity index (χ2n) is 3.21. The largest absolute Gasteiger partial charge is 0.388 e. The Bertz CT molecular complexity index is 574. The highest BCUT2D eigenvalue weighted by Gasteiger charge is 2.18. The summed E-state index contributed by atoms with van der Waals surface area (Å²) in [6.07, 6.45) is 0. The van der Waals surface area contributed by atoms with E-state index >= 15 is 0 Å².